The molecule has 0 aliphatic carbocycles. The summed E-state index contributed by atoms with van der Waals surface area (Å²) in [5, 5.41) is 0. The van der Waals surface area contributed by atoms with Crippen molar-refractivity contribution in [3.8, 4) is 5.75 Å². The summed E-state index contributed by atoms with van der Waals surface area (Å²) in [7, 11) is 0. The van der Waals surface area contributed by atoms with Crippen molar-refractivity contribution >= 4 is 0 Å². The molecule has 1 atom stereocenters. The third kappa shape index (κ3) is 4.53. The second kappa shape index (κ2) is 6.67. The Bertz CT molecular complexity index is 535. The lowest BCUT2D eigenvalue weighted by Gasteiger charge is -2.15. The number of nitrogens with two attached hydrogens (primary N) is 1. The predicted octanol–water partition coefficient (Wildman–Crippen LogP) is 3.49. The Labute approximate surface area is 120 Å². The van der Waals surface area contributed by atoms with Gasteiger partial charge in [-0.2, -0.15) is 13.2 Å². The van der Waals surface area contributed by atoms with Gasteiger partial charge in [-0.05, 0) is 42.9 Å². The first-order valence-corrected chi connectivity index (χ1v) is 6.51. The summed E-state index contributed by atoms with van der Waals surface area (Å²) in [6, 6.07) is 8.26. The predicted molar refractivity (Wildman–Crippen MR) is 71.9 cm³/mol. The Hall–Kier alpha value is -1.95. The first-order valence-electron chi connectivity index (χ1n) is 6.51. The molecule has 2 rings (SSSR count). The van der Waals surface area contributed by atoms with Crippen LogP contribution < -0.4 is 10.5 Å². The quantitative estimate of drug-likeness (QED) is 0.888. The van der Waals surface area contributed by atoms with Crippen LogP contribution in [0.4, 0.5) is 13.2 Å². The number of halogens is 3. The standard InChI is InChI=1S/C15H16F3NO2/c16-15(17,18)12-3-5-13(6-4-12)21-10-11(9-19)8-14-2-1-7-20-14/h1-7,11H,8-10,19H2. The molecule has 3 nitrogen and oxygen atoms in total. The van der Waals surface area contributed by atoms with Crippen LogP contribution in [0.15, 0.2) is 47.1 Å². The molecule has 0 radical (unpaired) electrons. The zero-order valence-electron chi connectivity index (χ0n) is 11.3. The first-order chi connectivity index (χ1) is 9.99. The summed E-state index contributed by atoms with van der Waals surface area (Å²) >= 11 is 0. The third-order valence-corrected chi connectivity index (χ3v) is 3.07. The molecule has 0 spiro atoms. The van der Waals surface area contributed by atoms with Gasteiger partial charge in [0.1, 0.15) is 11.5 Å². The summed E-state index contributed by atoms with van der Waals surface area (Å²) in [6.07, 6.45) is -2.12. The molecular weight excluding hydrogens is 283 g/mol. The summed E-state index contributed by atoms with van der Waals surface area (Å²) in [5.41, 5.74) is 4.97. The number of furan rings is 1. The highest BCUT2D eigenvalue weighted by Crippen LogP contribution is 2.30. The van der Waals surface area contributed by atoms with Gasteiger partial charge in [0.15, 0.2) is 0 Å². The van der Waals surface area contributed by atoms with Crippen molar-refractivity contribution in [2.24, 2.45) is 11.7 Å². The van der Waals surface area contributed by atoms with E-state index < -0.39 is 11.7 Å². The zero-order valence-corrected chi connectivity index (χ0v) is 11.3. The molecular formula is C15H16F3NO2. The monoisotopic (exact) mass is 299 g/mol. The molecule has 0 aliphatic heterocycles. The lowest BCUT2D eigenvalue weighted by molar-refractivity contribution is -0.137. The summed E-state index contributed by atoms with van der Waals surface area (Å²) in [4.78, 5) is 0. The number of hydrogen-bond donors (Lipinski definition) is 1. The minimum absolute atomic E-state index is 0.0402. The maximum atomic E-state index is 12.4. The van der Waals surface area contributed by atoms with E-state index in [2.05, 4.69) is 0 Å². The minimum Gasteiger partial charge on any atom is -0.493 e. The van der Waals surface area contributed by atoms with Gasteiger partial charge in [0.2, 0.25) is 0 Å². The largest absolute Gasteiger partial charge is 0.493 e. The summed E-state index contributed by atoms with van der Waals surface area (Å²) < 4.78 is 48.0. The van der Waals surface area contributed by atoms with Crippen molar-refractivity contribution < 1.29 is 22.3 Å². The van der Waals surface area contributed by atoms with Crippen LogP contribution in [0.1, 0.15) is 11.3 Å². The van der Waals surface area contributed by atoms with E-state index in [-0.39, 0.29) is 5.92 Å². The van der Waals surface area contributed by atoms with Crippen molar-refractivity contribution in [3.63, 3.8) is 0 Å². The molecule has 1 unspecified atom stereocenters. The Morgan fingerprint density at radius 1 is 1.14 bits per heavy atom. The van der Waals surface area contributed by atoms with Crippen LogP contribution >= 0.6 is 0 Å². The lowest BCUT2D eigenvalue weighted by atomic mass is 10.1. The van der Waals surface area contributed by atoms with Crippen LogP contribution in [-0.2, 0) is 12.6 Å². The molecule has 1 heterocycles. The van der Waals surface area contributed by atoms with E-state index >= 15 is 0 Å². The minimum atomic E-state index is -4.34. The fourth-order valence-electron chi connectivity index (χ4n) is 1.88. The van der Waals surface area contributed by atoms with Crippen LogP contribution in [0.2, 0.25) is 0 Å². The van der Waals surface area contributed by atoms with E-state index in [1.807, 2.05) is 6.07 Å². The molecule has 0 fully saturated rings. The van der Waals surface area contributed by atoms with Gasteiger partial charge in [-0.25, -0.2) is 0 Å². The Morgan fingerprint density at radius 3 is 2.38 bits per heavy atom. The van der Waals surface area contributed by atoms with E-state index in [9.17, 15) is 13.2 Å². The van der Waals surface area contributed by atoms with E-state index in [1.165, 1.54) is 12.1 Å². The SMILES string of the molecule is NCC(COc1ccc(C(F)(F)F)cc1)Cc1ccco1. The number of ether oxygens (including phenoxy) is 1. The molecule has 114 valence electrons. The van der Waals surface area contributed by atoms with Gasteiger partial charge in [0.25, 0.3) is 0 Å². The average molecular weight is 299 g/mol. The van der Waals surface area contributed by atoms with Crippen molar-refractivity contribution in [1.29, 1.82) is 0 Å². The zero-order chi connectivity index (χ0) is 15.3. The molecule has 0 amide bonds. The molecule has 0 aliphatic rings. The van der Waals surface area contributed by atoms with Gasteiger partial charge < -0.3 is 14.9 Å². The third-order valence-electron chi connectivity index (χ3n) is 3.07. The second-order valence-corrected chi connectivity index (χ2v) is 4.72. The molecule has 21 heavy (non-hydrogen) atoms. The molecule has 0 bridgehead atoms. The van der Waals surface area contributed by atoms with Gasteiger partial charge in [-0.3, -0.25) is 0 Å². The van der Waals surface area contributed by atoms with Crippen molar-refractivity contribution in [2.75, 3.05) is 13.2 Å². The topological polar surface area (TPSA) is 48.4 Å². The van der Waals surface area contributed by atoms with Crippen molar-refractivity contribution in [1.82, 2.24) is 0 Å². The van der Waals surface area contributed by atoms with Crippen LogP contribution in [0.25, 0.3) is 0 Å². The Balaban J connectivity index is 1.89. The van der Waals surface area contributed by atoms with E-state index in [1.54, 1.807) is 12.3 Å². The molecule has 2 N–H and O–H groups in total. The number of rotatable bonds is 6. The maximum Gasteiger partial charge on any atom is 0.416 e. The van der Waals surface area contributed by atoms with Gasteiger partial charge in [0, 0.05) is 12.3 Å². The fourth-order valence-corrected chi connectivity index (χ4v) is 1.88. The normalized spacial score (nSPS) is 13.1. The number of benzene rings is 1. The highest BCUT2D eigenvalue weighted by molar-refractivity contribution is 5.28. The number of alkyl halides is 3. The fraction of sp³-hybridized carbons (Fsp3) is 0.333. The Morgan fingerprint density at radius 2 is 1.86 bits per heavy atom. The summed E-state index contributed by atoms with van der Waals surface area (Å²) in [5.74, 6) is 1.24. The van der Waals surface area contributed by atoms with Crippen molar-refractivity contribution in [3.05, 3.63) is 54.0 Å². The molecule has 0 saturated heterocycles. The van der Waals surface area contributed by atoms with E-state index in [4.69, 9.17) is 14.9 Å². The molecule has 2 aromatic rings. The first kappa shape index (κ1) is 15.4. The van der Waals surface area contributed by atoms with E-state index in [0.29, 0.717) is 25.3 Å². The van der Waals surface area contributed by atoms with Gasteiger partial charge in [-0.1, -0.05) is 0 Å². The second-order valence-electron chi connectivity index (χ2n) is 4.72. The van der Waals surface area contributed by atoms with Gasteiger partial charge >= 0.3 is 6.18 Å². The summed E-state index contributed by atoms with van der Waals surface area (Å²) in [6.45, 7) is 0.726. The lowest BCUT2D eigenvalue weighted by Crippen LogP contribution is -2.23. The highest BCUT2D eigenvalue weighted by atomic mass is 19.4. The van der Waals surface area contributed by atoms with Crippen LogP contribution in [0, 0.1) is 5.92 Å². The smallest absolute Gasteiger partial charge is 0.416 e. The van der Waals surface area contributed by atoms with Gasteiger partial charge in [0.05, 0.1) is 18.4 Å². The molecule has 0 saturated carbocycles. The number of hydrogen-bond acceptors (Lipinski definition) is 3. The molecule has 1 aromatic heterocycles. The highest BCUT2D eigenvalue weighted by Gasteiger charge is 2.30. The van der Waals surface area contributed by atoms with E-state index in [0.717, 1.165) is 17.9 Å². The Kier molecular flexibility index (Phi) is 4.90. The van der Waals surface area contributed by atoms with Crippen LogP contribution in [0.3, 0.4) is 0 Å². The van der Waals surface area contributed by atoms with Crippen LogP contribution in [0.5, 0.6) is 5.75 Å². The van der Waals surface area contributed by atoms with Gasteiger partial charge in [-0.15, -0.1) is 0 Å². The molecule has 1 aromatic carbocycles. The maximum absolute atomic E-state index is 12.4. The average Bonchev–Trinajstić information content (AvgIpc) is 2.96. The van der Waals surface area contributed by atoms with Crippen molar-refractivity contribution in [2.45, 2.75) is 12.6 Å². The van der Waals surface area contributed by atoms with Crippen LogP contribution in [-0.4, -0.2) is 13.2 Å². The molecule has 6 heteroatoms.